The number of halogens is 3. The van der Waals surface area contributed by atoms with E-state index in [9.17, 15) is 23.1 Å². The zero-order valence-electron chi connectivity index (χ0n) is 20.4. The lowest BCUT2D eigenvalue weighted by molar-refractivity contribution is -0.138. The summed E-state index contributed by atoms with van der Waals surface area (Å²) in [4.78, 5) is 16.8. The molecule has 0 spiro atoms. The van der Waals surface area contributed by atoms with Crippen LogP contribution in [0, 0.1) is 6.92 Å². The van der Waals surface area contributed by atoms with Gasteiger partial charge in [-0.1, -0.05) is 0 Å². The molecule has 0 bridgehead atoms. The van der Waals surface area contributed by atoms with E-state index in [1.807, 2.05) is 0 Å². The minimum atomic E-state index is -4.77. The summed E-state index contributed by atoms with van der Waals surface area (Å²) < 4.78 is 60.1. The molecule has 1 unspecified atom stereocenters. The van der Waals surface area contributed by atoms with Gasteiger partial charge in [0.15, 0.2) is 0 Å². The standard InChI is InChI=1S/C25H30F3N3O5/c1-4-31(15-5-8-35-9-6-15)18-12-20-16(7-10-36-20)21(22(18)25(26,27)28)24(33)29-13-17-19(34-3)11-14(2)30-23(17)32/h7,10-12,15,24,29,33H,4-6,8-9,13H2,1-3H3,(H,30,32). The molecule has 2 aromatic heterocycles. The second-order valence-corrected chi connectivity index (χ2v) is 8.76. The zero-order valence-corrected chi connectivity index (χ0v) is 20.4. The number of nitrogens with one attached hydrogen (secondary N) is 2. The molecule has 3 N–H and O–H groups in total. The number of aliphatic hydroxyl groups excluding tert-OH is 1. The Morgan fingerprint density at radius 2 is 2.03 bits per heavy atom. The van der Waals surface area contributed by atoms with Gasteiger partial charge >= 0.3 is 6.18 Å². The number of anilines is 1. The molecule has 0 aliphatic carbocycles. The number of aromatic amines is 1. The fourth-order valence-corrected chi connectivity index (χ4v) is 4.89. The summed E-state index contributed by atoms with van der Waals surface area (Å²) in [5, 5.41) is 13.9. The molecule has 0 saturated carbocycles. The lowest BCUT2D eigenvalue weighted by Gasteiger charge is -2.37. The van der Waals surface area contributed by atoms with Crippen molar-refractivity contribution in [3.63, 3.8) is 0 Å². The molecular formula is C25H30F3N3O5. The van der Waals surface area contributed by atoms with Crippen molar-refractivity contribution in [1.82, 2.24) is 10.3 Å². The molecule has 1 saturated heterocycles. The summed E-state index contributed by atoms with van der Waals surface area (Å²) in [6, 6.07) is 4.25. The third kappa shape index (κ3) is 5.09. The number of hydrogen-bond acceptors (Lipinski definition) is 7. The van der Waals surface area contributed by atoms with E-state index in [4.69, 9.17) is 13.9 Å². The number of aromatic nitrogens is 1. The van der Waals surface area contributed by atoms with Crippen molar-refractivity contribution in [1.29, 1.82) is 0 Å². The van der Waals surface area contributed by atoms with Crippen LogP contribution in [0.3, 0.4) is 0 Å². The predicted molar refractivity (Wildman–Crippen MR) is 128 cm³/mol. The molecule has 3 heterocycles. The van der Waals surface area contributed by atoms with Gasteiger partial charge in [-0.2, -0.15) is 13.2 Å². The molecule has 1 aromatic carbocycles. The average molecular weight is 510 g/mol. The van der Waals surface area contributed by atoms with E-state index in [1.54, 1.807) is 24.8 Å². The van der Waals surface area contributed by atoms with Gasteiger partial charge in [0.25, 0.3) is 5.56 Å². The fraction of sp³-hybridized carbons (Fsp3) is 0.480. The van der Waals surface area contributed by atoms with Gasteiger partial charge in [0.2, 0.25) is 0 Å². The van der Waals surface area contributed by atoms with Gasteiger partial charge in [-0.3, -0.25) is 10.1 Å². The molecule has 8 nitrogen and oxygen atoms in total. The van der Waals surface area contributed by atoms with Crippen molar-refractivity contribution < 1.29 is 32.2 Å². The summed E-state index contributed by atoms with van der Waals surface area (Å²) in [6.07, 6.45) is -4.04. The van der Waals surface area contributed by atoms with Crippen LogP contribution in [0.25, 0.3) is 11.0 Å². The van der Waals surface area contributed by atoms with Crippen LogP contribution in [0.1, 0.15) is 48.4 Å². The van der Waals surface area contributed by atoms with Crippen molar-refractivity contribution in [2.24, 2.45) is 0 Å². The summed E-state index contributed by atoms with van der Waals surface area (Å²) in [7, 11) is 1.39. The first kappa shape index (κ1) is 26.1. The number of nitrogens with zero attached hydrogens (tertiary/aromatic N) is 1. The maximum Gasteiger partial charge on any atom is 0.418 e. The monoisotopic (exact) mass is 509 g/mol. The number of alkyl halides is 3. The Hall–Kier alpha value is -3.02. The second-order valence-electron chi connectivity index (χ2n) is 8.76. The number of benzene rings is 1. The highest BCUT2D eigenvalue weighted by atomic mass is 19.4. The molecule has 11 heteroatoms. The van der Waals surface area contributed by atoms with Gasteiger partial charge in [-0.15, -0.1) is 0 Å². The van der Waals surface area contributed by atoms with Crippen LogP contribution in [0.4, 0.5) is 18.9 Å². The Kier molecular flexibility index (Phi) is 7.62. The van der Waals surface area contributed by atoms with Gasteiger partial charge in [0, 0.05) is 55.1 Å². The minimum absolute atomic E-state index is 0.0547. The summed E-state index contributed by atoms with van der Waals surface area (Å²) in [5.74, 6) is 0.269. The Balaban J connectivity index is 1.80. The Bertz CT molecular complexity index is 1260. The third-order valence-electron chi connectivity index (χ3n) is 6.54. The van der Waals surface area contributed by atoms with Gasteiger partial charge in [0.05, 0.1) is 30.2 Å². The highest BCUT2D eigenvalue weighted by Crippen LogP contribution is 2.45. The third-order valence-corrected chi connectivity index (χ3v) is 6.54. The predicted octanol–water partition coefficient (Wildman–Crippen LogP) is 4.24. The maximum atomic E-state index is 14.7. The Morgan fingerprint density at radius 3 is 2.67 bits per heavy atom. The van der Waals surface area contributed by atoms with Gasteiger partial charge < -0.3 is 28.9 Å². The zero-order chi connectivity index (χ0) is 26.0. The average Bonchev–Trinajstić information content (AvgIpc) is 3.31. The molecule has 36 heavy (non-hydrogen) atoms. The smallest absolute Gasteiger partial charge is 0.418 e. The van der Waals surface area contributed by atoms with Gasteiger partial charge in [0.1, 0.15) is 17.6 Å². The molecule has 3 aromatic rings. The highest BCUT2D eigenvalue weighted by Gasteiger charge is 2.41. The van der Waals surface area contributed by atoms with E-state index >= 15 is 0 Å². The largest absolute Gasteiger partial charge is 0.496 e. The van der Waals surface area contributed by atoms with Crippen LogP contribution < -0.4 is 20.5 Å². The van der Waals surface area contributed by atoms with E-state index < -0.39 is 23.5 Å². The van der Waals surface area contributed by atoms with Crippen LogP contribution in [-0.2, 0) is 17.5 Å². The Labute approximate surface area is 206 Å². The van der Waals surface area contributed by atoms with Crippen molar-refractivity contribution in [3.05, 3.63) is 57.2 Å². The number of aliphatic hydroxyl groups is 1. The molecule has 1 fully saturated rings. The molecular weight excluding hydrogens is 479 g/mol. The van der Waals surface area contributed by atoms with Crippen molar-refractivity contribution in [2.75, 3.05) is 31.8 Å². The molecule has 0 radical (unpaired) electrons. The number of H-pyrrole nitrogens is 1. The second kappa shape index (κ2) is 10.5. The van der Waals surface area contributed by atoms with Crippen LogP contribution in [0.15, 0.2) is 33.7 Å². The lowest BCUT2D eigenvalue weighted by atomic mass is 9.96. The van der Waals surface area contributed by atoms with E-state index in [0.29, 0.717) is 38.3 Å². The van der Waals surface area contributed by atoms with E-state index in [-0.39, 0.29) is 46.1 Å². The number of ether oxygens (including phenoxy) is 2. The van der Waals surface area contributed by atoms with E-state index in [0.717, 1.165) is 0 Å². The SMILES string of the molecule is CCN(c1cc2occc2c(C(O)NCc2c(OC)cc(C)[nH]c2=O)c1C(F)(F)F)C1CCOCC1. The molecule has 1 aliphatic rings. The van der Waals surface area contributed by atoms with Gasteiger partial charge in [-0.25, -0.2) is 0 Å². The van der Waals surface area contributed by atoms with Crippen molar-refractivity contribution >= 4 is 16.7 Å². The lowest BCUT2D eigenvalue weighted by Crippen LogP contribution is -2.41. The first-order valence-electron chi connectivity index (χ1n) is 11.8. The van der Waals surface area contributed by atoms with Crippen molar-refractivity contribution in [3.8, 4) is 5.75 Å². The molecule has 0 amide bonds. The summed E-state index contributed by atoms with van der Waals surface area (Å²) >= 11 is 0. The first-order chi connectivity index (χ1) is 17.2. The molecule has 196 valence electrons. The quantitative estimate of drug-likeness (QED) is 0.391. The van der Waals surface area contributed by atoms with Crippen LogP contribution >= 0.6 is 0 Å². The van der Waals surface area contributed by atoms with Crippen LogP contribution in [0.2, 0.25) is 0 Å². The number of hydrogen-bond donors (Lipinski definition) is 3. The number of rotatable bonds is 8. The number of fused-ring (bicyclic) bond motifs is 1. The number of pyridine rings is 1. The van der Waals surface area contributed by atoms with E-state index in [1.165, 1.54) is 25.5 Å². The summed E-state index contributed by atoms with van der Waals surface area (Å²) in [5.41, 5.74) is -0.840. The van der Waals surface area contributed by atoms with Crippen LogP contribution in [0.5, 0.6) is 5.75 Å². The molecule has 1 atom stereocenters. The number of aryl methyl sites for hydroxylation is 1. The fourth-order valence-electron chi connectivity index (χ4n) is 4.89. The van der Waals surface area contributed by atoms with Gasteiger partial charge in [-0.05, 0) is 38.8 Å². The number of furan rings is 1. The number of methoxy groups -OCH3 is 1. The van der Waals surface area contributed by atoms with Crippen LogP contribution in [-0.4, -0.2) is 43.0 Å². The summed E-state index contributed by atoms with van der Waals surface area (Å²) in [6.45, 7) is 4.53. The topological polar surface area (TPSA) is 100.0 Å². The molecule has 4 rings (SSSR count). The van der Waals surface area contributed by atoms with Crippen molar-refractivity contribution in [2.45, 2.75) is 51.7 Å². The minimum Gasteiger partial charge on any atom is -0.496 e. The maximum absolute atomic E-state index is 14.7. The first-order valence-corrected chi connectivity index (χ1v) is 11.8. The Morgan fingerprint density at radius 1 is 1.31 bits per heavy atom. The van der Waals surface area contributed by atoms with E-state index in [2.05, 4.69) is 10.3 Å². The normalized spacial score (nSPS) is 15.9. The highest BCUT2D eigenvalue weighted by molar-refractivity contribution is 5.88. The molecule has 1 aliphatic heterocycles.